The van der Waals surface area contributed by atoms with E-state index in [0.29, 0.717) is 34.3 Å². The molecule has 0 radical (unpaired) electrons. The highest BCUT2D eigenvalue weighted by Gasteiger charge is 2.30. The molecule has 0 aliphatic heterocycles. The van der Waals surface area contributed by atoms with E-state index in [1.807, 2.05) is 19.1 Å². The van der Waals surface area contributed by atoms with Crippen molar-refractivity contribution in [3.05, 3.63) is 78.3 Å². The van der Waals surface area contributed by atoms with Gasteiger partial charge in [0.15, 0.2) is 0 Å². The van der Waals surface area contributed by atoms with E-state index in [1.54, 1.807) is 36.5 Å². The molecular formula is C25H23FN4O3. The molecule has 3 aromatic rings. The van der Waals surface area contributed by atoms with Gasteiger partial charge in [-0.3, -0.25) is 4.79 Å². The third-order valence-corrected chi connectivity index (χ3v) is 4.92. The second-order valence-corrected chi connectivity index (χ2v) is 7.55. The number of ether oxygens (including phenoxy) is 1. The number of hydrogen-bond donors (Lipinski definition) is 3. The molecule has 1 saturated carbocycles. The number of benzene rings is 2. The van der Waals surface area contributed by atoms with E-state index in [9.17, 15) is 14.0 Å². The Labute approximate surface area is 190 Å². The molecule has 4 rings (SSSR count). The fourth-order valence-corrected chi connectivity index (χ4v) is 3.10. The van der Waals surface area contributed by atoms with Crippen molar-refractivity contribution >= 4 is 35.2 Å². The summed E-state index contributed by atoms with van der Waals surface area (Å²) in [6.45, 7) is 1.88. The second-order valence-electron chi connectivity index (χ2n) is 7.55. The molecule has 1 aromatic heterocycles. The fraction of sp³-hybridized carbons (Fsp3) is 0.160. The molecule has 1 heterocycles. The van der Waals surface area contributed by atoms with Gasteiger partial charge in [-0.15, -0.1) is 0 Å². The first kappa shape index (κ1) is 22.0. The van der Waals surface area contributed by atoms with Crippen LogP contribution in [0, 0.1) is 11.7 Å². The normalized spacial score (nSPS) is 12.9. The Morgan fingerprint density at radius 2 is 1.61 bits per heavy atom. The highest BCUT2D eigenvalue weighted by molar-refractivity contribution is 5.99. The van der Waals surface area contributed by atoms with Gasteiger partial charge < -0.3 is 20.7 Å². The summed E-state index contributed by atoms with van der Waals surface area (Å²) in [6.07, 6.45) is 7.08. The quantitative estimate of drug-likeness (QED) is 0.413. The van der Waals surface area contributed by atoms with Gasteiger partial charge in [0, 0.05) is 23.5 Å². The zero-order chi connectivity index (χ0) is 23.2. The molecular weight excluding hydrogens is 423 g/mol. The van der Waals surface area contributed by atoms with E-state index in [4.69, 9.17) is 4.74 Å². The number of nitrogens with zero attached hydrogens (tertiary/aromatic N) is 1. The molecule has 0 bridgehead atoms. The van der Waals surface area contributed by atoms with Crippen LogP contribution in [0.2, 0.25) is 0 Å². The van der Waals surface area contributed by atoms with E-state index in [0.717, 1.165) is 12.8 Å². The molecule has 0 unspecified atom stereocenters. The topological polar surface area (TPSA) is 92.3 Å². The number of amides is 3. The second kappa shape index (κ2) is 9.95. The van der Waals surface area contributed by atoms with Gasteiger partial charge in [-0.2, -0.15) is 0 Å². The molecule has 1 aliphatic rings. The molecule has 168 valence electrons. The van der Waals surface area contributed by atoms with Crippen LogP contribution in [0.15, 0.2) is 66.9 Å². The Hall–Kier alpha value is -4.20. The number of carbonyl (C=O) groups is 2. The number of nitrogens with one attached hydrogen (secondary N) is 3. The molecule has 7 nitrogen and oxygen atoms in total. The number of allylic oxidation sites excluding steroid dienone is 1. The van der Waals surface area contributed by atoms with Crippen LogP contribution in [0.4, 0.5) is 26.4 Å². The highest BCUT2D eigenvalue weighted by atomic mass is 19.1. The van der Waals surface area contributed by atoms with E-state index in [2.05, 4.69) is 20.9 Å². The van der Waals surface area contributed by atoms with E-state index < -0.39 is 6.03 Å². The maximum absolute atomic E-state index is 13.0. The van der Waals surface area contributed by atoms with Gasteiger partial charge in [-0.05, 0) is 74.4 Å². The summed E-state index contributed by atoms with van der Waals surface area (Å²) in [5.41, 5.74) is 1.71. The maximum Gasteiger partial charge on any atom is 0.323 e. The lowest BCUT2D eigenvalue weighted by molar-refractivity contribution is -0.117. The van der Waals surface area contributed by atoms with E-state index in [-0.39, 0.29) is 17.6 Å². The molecule has 0 spiro atoms. The summed E-state index contributed by atoms with van der Waals surface area (Å²) in [5.74, 6) is 1.22. The van der Waals surface area contributed by atoms with Crippen LogP contribution in [0.25, 0.3) is 6.08 Å². The van der Waals surface area contributed by atoms with Crippen LogP contribution in [0.5, 0.6) is 11.5 Å². The van der Waals surface area contributed by atoms with Gasteiger partial charge >= 0.3 is 6.03 Å². The third kappa shape index (κ3) is 5.94. The van der Waals surface area contributed by atoms with Crippen molar-refractivity contribution in [3.8, 4) is 11.5 Å². The Bertz CT molecular complexity index is 1170. The van der Waals surface area contributed by atoms with Gasteiger partial charge in [0.25, 0.3) is 0 Å². The molecule has 1 aliphatic carbocycles. The minimum Gasteiger partial charge on any atom is -0.457 e. The Morgan fingerprint density at radius 1 is 0.970 bits per heavy atom. The number of rotatable bonds is 7. The van der Waals surface area contributed by atoms with Crippen molar-refractivity contribution in [2.75, 3.05) is 16.0 Å². The number of halogens is 1. The minimum atomic E-state index is -0.448. The first-order chi connectivity index (χ1) is 16.0. The lowest BCUT2D eigenvalue weighted by Gasteiger charge is -2.13. The van der Waals surface area contributed by atoms with E-state index >= 15 is 0 Å². The summed E-state index contributed by atoms with van der Waals surface area (Å²) < 4.78 is 19.0. The third-order valence-electron chi connectivity index (χ3n) is 4.92. The Kier molecular flexibility index (Phi) is 6.64. The van der Waals surface area contributed by atoms with Crippen molar-refractivity contribution in [3.63, 3.8) is 0 Å². The number of anilines is 3. The lowest BCUT2D eigenvalue weighted by Crippen LogP contribution is -2.19. The van der Waals surface area contributed by atoms with Gasteiger partial charge in [-0.25, -0.2) is 14.2 Å². The monoisotopic (exact) mass is 446 g/mol. The minimum absolute atomic E-state index is 0.0280. The van der Waals surface area contributed by atoms with Gasteiger partial charge in [0.2, 0.25) is 5.91 Å². The smallest absolute Gasteiger partial charge is 0.323 e. The summed E-state index contributed by atoms with van der Waals surface area (Å²) in [6, 6.07) is 13.6. The summed E-state index contributed by atoms with van der Waals surface area (Å²) in [4.78, 5) is 28.6. The Balaban J connectivity index is 1.42. The average Bonchev–Trinajstić information content (AvgIpc) is 3.64. The number of urea groups is 1. The van der Waals surface area contributed by atoms with Crippen LogP contribution in [0.1, 0.15) is 25.3 Å². The van der Waals surface area contributed by atoms with Gasteiger partial charge in [-0.1, -0.05) is 12.2 Å². The standard InChI is InChI=1S/C25H23FN4O3/c1-2-3-21-22(14-15-27-23(21)30-24(31)16-4-5-16)33-20-12-10-19(11-13-20)29-25(32)28-18-8-6-17(26)7-9-18/h2-3,6-16H,4-5H2,1H3,(H,27,30,31)(H2,28,29,32)/b3-2+. The van der Waals surface area contributed by atoms with Crippen molar-refractivity contribution in [2.24, 2.45) is 5.92 Å². The van der Waals surface area contributed by atoms with Crippen molar-refractivity contribution in [1.82, 2.24) is 4.98 Å². The largest absolute Gasteiger partial charge is 0.457 e. The molecule has 0 saturated heterocycles. The molecule has 33 heavy (non-hydrogen) atoms. The Morgan fingerprint density at radius 3 is 2.21 bits per heavy atom. The van der Waals surface area contributed by atoms with Crippen molar-refractivity contribution in [1.29, 1.82) is 0 Å². The van der Waals surface area contributed by atoms with Gasteiger partial charge in [0.1, 0.15) is 23.1 Å². The van der Waals surface area contributed by atoms with Crippen LogP contribution in [-0.4, -0.2) is 16.9 Å². The van der Waals surface area contributed by atoms with Crippen molar-refractivity contribution in [2.45, 2.75) is 19.8 Å². The average molecular weight is 446 g/mol. The predicted octanol–water partition coefficient (Wildman–Crippen LogP) is 6.04. The zero-order valence-corrected chi connectivity index (χ0v) is 18.0. The van der Waals surface area contributed by atoms with Crippen LogP contribution >= 0.6 is 0 Å². The summed E-state index contributed by atoms with van der Waals surface area (Å²) in [7, 11) is 0. The molecule has 3 N–H and O–H groups in total. The van der Waals surface area contributed by atoms with Crippen LogP contribution in [-0.2, 0) is 4.79 Å². The van der Waals surface area contributed by atoms with E-state index in [1.165, 1.54) is 24.3 Å². The summed E-state index contributed by atoms with van der Waals surface area (Å²) >= 11 is 0. The molecule has 1 fully saturated rings. The zero-order valence-electron chi connectivity index (χ0n) is 18.0. The fourth-order valence-electron chi connectivity index (χ4n) is 3.10. The van der Waals surface area contributed by atoms with Crippen molar-refractivity contribution < 1.29 is 18.7 Å². The maximum atomic E-state index is 13.0. The molecule has 2 aromatic carbocycles. The van der Waals surface area contributed by atoms with Gasteiger partial charge in [0.05, 0.1) is 5.56 Å². The first-order valence-electron chi connectivity index (χ1n) is 10.6. The number of hydrogen-bond acceptors (Lipinski definition) is 4. The number of pyridine rings is 1. The first-order valence-corrected chi connectivity index (χ1v) is 10.6. The number of aromatic nitrogens is 1. The molecule has 8 heteroatoms. The predicted molar refractivity (Wildman–Crippen MR) is 126 cm³/mol. The SMILES string of the molecule is C/C=C/c1c(Oc2ccc(NC(=O)Nc3ccc(F)cc3)cc2)ccnc1NC(=O)C1CC1. The van der Waals surface area contributed by atoms with Crippen LogP contribution < -0.4 is 20.7 Å². The number of carbonyl (C=O) groups excluding carboxylic acids is 2. The highest BCUT2D eigenvalue weighted by Crippen LogP contribution is 2.34. The summed E-state index contributed by atoms with van der Waals surface area (Å²) in [5, 5.41) is 8.22. The lowest BCUT2D eigenvalue weighted by atomic mass is 10.2. The van der Waals surface area contributed by atoms with Crippen LogP contribution in [0.3, 0.4) is 0 Å². The molecule has 3 amide bonds. The molecule has 0 atom stereocenters.